The second-order valence-corrected chi connectivity index (χ2v) is 3.37. The molecule has 14 heavy (non-hydrogen) atoms. The van der Waals surface area contributed by atoms with Gasteiger partial charge in [-0.05, 0) is 13.8 Å². The van der Waals surface area contributed by atoms with Crippen molar-refractivity contribution < 1.29 is 27.4 Å². The third-order valence-electron chi connectivity index (χ3n) is 2.24. The number of cyclic esters (lactones) is 1. The molecule has 0 bridgehead atoms. The molecule has 1 rings (SSSR count). The summed E-state index contributed by atoms with van der Waals surface area (Å²) in [5.74, 6) is -0.872. The Kier molecular flexibility index (Phi) is 2.76. The topological polar surface area (TPSA) is 35.5 Å². The summed E-state index contributed by atoms with van der Waals surface area (Å²) in [5, 5.41) is 0. The second-order valence-electron chi connectivity index (χ2n) is 3.37. The minimum atomic E-state index is -4.50. The molecule has 0 aliphatic carbocycles. The number of hydrogen-bond donors (Lipinski definition) is 0. The molecule has 0 aromatic heterocycles. The van der Waals surface area contributed by atoms with Crippen molar-refractivity contribution in [1.29, 1.82) is 0 Å². The Morgan fingerprint density at radius 2 is 2.21 bits per heavy atom. The molecular weight excluding hydrogens is 201 g/mol. The molecule has 0 radical (unpaired) electrons. The quantitative estimate of drug-likeness (QED) is 0.655. The van der Waals surface area contributed by atoms with Gasteiger partial charge in [-0.3, -0.25) is 4.79 Å². The average Bonchev–Trinajstić information content (AvgIpc) is 2.27. The van der Waals surface area contributed by atoms with E-state index >= 15 is 0 Å². The average molecular weight is 212 g/mol. The summed E-state index contributed by atoms with van der Waals surface area (Å²) in [6.07, 6.45) is -6.69. The van der Waals surface area contributed by atoms with Crippen molar-refractivity contribution in [3.8, 4) is 0 Å². The molecule has 1 saturated heterocycles. The van der Waals surface area contributed by atoms with E-state index in [-0.39, 0.29) is 6.61 Å². The largest absolute Gasteiger partial charge is 0.435 e. The number of carbonyl (C=O) groups excluding carboxylic acids is 1. The normalized spacial score (nSPS) is 33.2. The van der Waals surface area contributed by atoms with E-state index in [0.717, 1.165) is 6.92 Å². The van der Waals surface area contributed by atoms with Gasteiger partial charge in [-0.1, -0.05) is 0 Å². The van der Waals surface area contributed by atoms with Crippen molar-refractivity contribution in [3.63, 3.8) is 0 Å². The van der Waals surface area contributed by atoms with Gasteiger partial charge >= 0.3 is 12.1 Å². The molecule has 3 nitrogen and oxygen atoms in total. The maximum atomic E-state index is 12.6. The van der Waals surface area contributed by atoms with Gasteiger partial charge in [-0.15, -0.1) is 0 Å². The molecule has 1 heterocycles. The molecule has 1 unspecified atom stereocenters. The number of ether oxygens (including phenoxy) is 2. The number of halogens is 3. The van der Waals surface area contributed by atoms with Crippen LogP contribution in [0, 0.1) is 5.41 Å². The van der Waals surface area contributed by atoms with Gasteiger partial charge in [0.25, 0.3) is 0 Å². The fourth-order valence-electron chi connectivity index (χ4n) is 1.28. The lowest BCUT2D eigenvalue weighted by molar-refractivity contribution is -0.277. The molecule has 0 aromatic carbocycles. The van der Waals surface area contributed by atoms with E-state index in [1.165, 1.54) is 0 Å². The third-order valence-corrected chi connectivity index (χ3v) is 2.24. The number of rotatable bonds is 2. The molecule has 2 atom stereocenters. The lowest BCUT2D eigenvalue weighted by atomic mass is 9.87. The van der Waals surface area contributed by atoms with E-state index < -0.39 is 30.3 Å². The van der Waals surface area contributed by atoms with Crippen LogP contribution < -0.4 is 0 Å². The minimum absolute atomic E-state index is 0.0730. The SMILES string of the molecule is CCOC1OC(=O)C[C@]1(C)C(F)(F)F. The van der Waals surface area contributed by atoms with Crippen LogP contribution in [0.15, 0.2) is 0 Å². The first kappa shape index (κ1) is 11.3. The molecule has 0 spiro atoms. The number of alkyl halides is 3. The minimum Gasteiger partial charge on any atom is -0.435 e. The zero-order valence-corrected chi connectivity index (χ0v) is 7.85. The van der Waals surface area contributed by atoms with Crippen LogP contribution in [-0.4, -0.2) is 25.0 Å². The van der Waals surface area contributed by atoms with Crippen LogP contribution in [-0.2, 0) is 14.3 Å². The van der Waals surface area contributed by atoms with Crippen LogP contribution in [0.3, 0.4) is 0 Å². The summed E-state index contributed by atoms with van der Waals surface area (Å²) in [7, 11) is 0. The molecule has 0 amide bonds. The van der Waals surface area contributed by atoms with Crippen LogP contribution in [0.5, 0.6) is 0 Å². The molecule has 6 heteroatoms. The van der Waals surface area contributed by atoms with Crippen LogP contribution in [0.2, 0.25) is 0 Å². The Morgan fingerprint density at radius 3 is 2.64 bits per heavy atom. The predicted molar refractivity (Wildman–Crippen MR) is 40.3 cm³/mol. The van der Waals surface area contributed by atoms with Crippen LogP contribution in [0.4, 0.5) is 13.2 Å². The summed E-state index contributed by atoms with van der Waals surface area (Å²) in [4.78, 5) is 10.8. The van der Waals surface area contributed by atoms with E-state index in [9.17, 15) is 18.0 Å². The number of esters is 1. The fraction of sp³-hybridized carbons (Fsp3) is 0.875. The Morgan fingerprint density at radius 1 is 1.64 bits per heavy atom. The Balaban J connectivity index is 2.89. The van der Waals surface area contributed by atoms with Crippen molar-refractivity contribution in [2.45, 2.75) is 32.7 Å². The van der Waals surface area contributed by atoms with Crippen LogP contribution in [0.25, 0.3) is 0 Å². The fourth-order valence-corrected chi connectivity index (χ4v) is 1.28. The van der Waals surface area contributed by atoms with Gasteiger partial charge in [0, 0.05) is 6.61 Å². The third kappa shape index (κ3) is 1.70. The summed E-state index contributed by atoms with van der Waals surface area (Å²) in [5.41, 5.74) is -2.22. The van der Waals surface area contributed by atoms with Gasteiger partial charge in [0.05, 0.1) is 6.42 Å². The van der Waals surface area contributed by atoms with E-state index in [1.807, 2.05) is 0 Å². The van der Waals surface area contributed by atoms with Crippen molar-refractivity contribution >= 4 is 5.97 Å². The lowest BCUT2D eigenvalue weighted by Gasteiger charge is -2.29. The van der Waals surface area contributed by atoms with E-state index in [0.29, 0.717) is 0 Å². The molecule has 1 aliphatic rings. The van der Waals surface area contributed by atoms with Gasteiger partial charge in [-0.2, -0.15) is 13.2 Å². The standard InChI is InChI=1S/C8H11F3O3/c1-3-13-6-7(2,8(9,10)11)4-5(12)14-6/h6H,3-4H2,1-2H3/t6?,7-/m0/s1. The van der Waals surface area contributed by atoms with Gasteiger partial charge in [0.1, 0.15) is 5.41 Å². The molecular formula is C8H11F3O3. The lowest BCUT2D eigenvalue weighted by Crippen LogP contribution is -2.43. The first-order valence-electron chi connectivity index (χ1n) is 4.19. The molecule has 1 fully saturated rings. The summed E-state index contributed by atoms with van der Waals surface area (Å²) >= 11 is 0. The highest BCUT2D eigenvalue weighted by Gasteiger charge is 2.63. The van der Waals surface area contributed by atoms with Gasteiger partial charge in [0.15, 0.2) is 0 Å². The van der Waals surface area contributed by atoms with Gasteiger partial charge in [-0.25, -0.2) is 0 Å². The number of hydrogen-bond acceptors (Lipinski definition) is 3. The highest BCUT2D eigenvalue weighted by molar-refractivity contribution is 5.73. The Hall–Kier alpha value is -0.780. The van der Waals surface area contributed by atoms with E-state index in [1.54, 1.807) is 6.92 Å². The van der Waals surface area contributed by atoms with Gasteiger partial charge in [0.2, 0.25) is 6.29 Å². The van der Waals surface area contributed by atoms with Gasteiger partial charge < -0.3 is 9.47 Å². The highest BCUT2D eigenvalue weighted by Crippen LogP contribution is 2.48. The van der Waals surface area contributed by atoms with Crippen molar-refractivity contribution in [2.75, 3.05) is 6.61 Å². The molecule has 0 N–H and O–H groups in total. The maximum Gasteiger partial charge on any atom is 0.400 e. The maximum absolute atomic E-state index is 12.6. The highest BCUT2D eigenvalue weighted by atomic mass is 19.4. The van der Waals surface area contributed by atoms with Crippen molar-refractivity contribution in [1.82, 2.24) is 0 Å². The molecule has 1 aliphatic heterocycles. The molecule has 0 saturated carbocycles. The van der Waals surface area contributed by atoms with Crippen molar-refractivity contribution in [2.24, 2.45) is 5.41 Å². The van der Waals surface area contributed by atoms with Crippen molar-refractivity contribution in [3.05, 3.63) is 0 Å². The van der Waals surface area contributed by atoms with Crippen LogP contribution in [0.1, 0.15) is 20.3 Å². The zero-order chi connectivity index (χ0) is 11.0. The number of carbonyl (C=O) groups is 1. The van der Waals surface area contributed by atoms with E-state index in [4.69, 9.17) is 4.74 Å². The summed E-state index contributed by atoms with van der Waals surface area (Å²) in [6, 6.07) is 0. The monoisotopic (exact) mass is 212 g/mol. The molecule has 0 aromatic rings. The first-order chi connectivity index (χ1) is 6.31. The smallest absolute Gasteiger partial charge is 0.400 e. The molecule has 82 valence electrons. The first-order valence-corrected chi connectivity index (χ1v) is 4.19. The predicted octanol–water partition coefficient (Wildman–Crippen LogP) is 1.86. The van der Waals surface area contributed by atoms with E-state index in [2.05, 4.69) is 4.74 Å². The summed E-state index contributed by atoms with van der Waals surface area (Å²) < 4.78 is 47.0. The second kappa shape index (κ2) is 3.42. The Bertz CT molecular complexity index is 238. The Labute approximate surface area is 79.2 Å². The zero-order valence-electron chi connectivity index (χ0n) is 7.85. The summed E-state index contributed by atoms with van der Waals surface area (Å²) in [6.45, 7) is 2.55. The van der Waals surface area contributed by atoms with Crippen LogP contribution >= 0.6 is 0 Å².